The van der Waals surface area contributed by atoms with E-state index < -0.39 is 64.8 Å². The molecule has 472 valence electrons. The second-order valence-electron chi connectivity index (χ2n) is 22.9. The summed E-state index contributed by atoms with van der Waals surface area (Å²) in [5.74, 6) is -2.12. The van der Waals surface area contributed by atoms with Gasteiger partial charge < -0.3 is 44.5 Å². The standard InChI is InChI=1S/C36H44FN3O6.C29H38FN3O6.CH4O/c1-5-44-33(42)23-30(27-18-20-31(29(37)22-27)45-24-25-12-7-6-8-13-25)39-32(41)16-10-9-15-28-19-17-26-14-11-21-40(34(26)38-28)35(43)46-36(2,3)4;1-5-38-26(36)18-23(20-13-15-24(34)22(30)17-20)32-25(35)11-7-6-10-21-14-12-19-9-8-16-33(27(19)31-21)28(37)39-29(2,3)4;1-2/h6-8,12-13,17-20,22,30H,5,9-11,14-16,21,23-24H2,1-4H3,(H,39,41);12-15,17,23,34H,5-11,16,18H2,1-4H3,(H,32,35);2H,1H3/t30-;23-;/m00./s1. The lowest BCUT2D eigenvalue weighted by Gasteiger charge is -2.31. The van der Waals surface area contributed by atoms with Crippen molar-refractivity contribution in [1.82, 2.24) is 20.6 Å². The second kappa shape index (κ2) is 34.2. The Bertz CT molecular complexity index is 3080. The van der Waals surface area contributed by atoms with Crippen LogP contribution >= 0.6 is 0 Å². The van der Waals surface area contributed by atoms with Gasteiger partial charge in [0.2, 0.25) is 11.8 Å². The predicted octanol–water partition coefficient (Wildman–Crippen LogP) is 11.8. The molecule has 5 aromatic rings. The van der Waals surface area contributed by atoms with Gasteiger partial charge in [-0.25, -0.2) is 28.3 Å². The highest BCUT2D eigenvalue weighted by Gasteiger charge is 2.31. The number of nitrogens with zero attached hydrogens (tertiary/aromatic N) is 4. The molecule has 7 rings (SSSR count). The van der Waals surface area contributed by atoms with Gasteiger partial charge in [0, 0.05) is 44.4 Å². The molecule has 19 nitrogen and oxygen atoms in total. The van der Waals surface area contributed by atoms with Gasteiger partial charge in [0.05, 0.1) is 38.1 Å². The van der Waals surface area contributed by atoms with Crippen molar-refractivity contribution in [3.63, 3.8) is 0 Å². The Labute approximate surface area is 509 Å². The zero-order valence-electron chi connectivity index (χ0n) is 51.7. The summed E-state index contributed by atoms with van der Waals surface area (Å²) < 4.78 is 55.8. The Kier molecular flexibility index (Phi) is 27.4. The first-order valence-corrected chi connectivity index (χ1v) is 29.8. The number of hydrogen-bond acceptors (Lipinski definition) is 15. The van der Waals surface area contributed by atoms with Crippen LogP contribution in [0.3, 0.4) is 0 Å². The molecule has 4 amide bonds. The Hall–Kier alpha value is -8.20. The smallest absolute Gasteiger partial charge is 0.416 e. The molecular weight excluding hydrogens is 1120 g/mol. The maximum absolute atomic E-state index is 15.0. The number of phenols is 1. The molecule has 2 aromatic heterocycles. The van der Waals surface area contributed by atoms with Crippen LogP contribution in [0, 0.1) is 11.6 Å². The Morgan fingerprint density at radius 1 is 0.598 bits per heavy atom. The van der Waals surface area contributed by atoms with Crippen LogP contribution in [0.15, 0.2) is 91.0 Å². The minimum atomic E-state index is -0.835. The van der Waals surface area contributed by atoms with E-state index in [9.17, 15) is 38.3 Å². The van der Waals surface area contributed by atoms with Crippen molar-refractivity contribution in [3.8, 4) is 11.5 Å². The number of aromatic nitrogens is 2. The molecule has 0 bridgehead atoms. The third kappa shape index (κ3) is 23.2. The molecule has 0 fully saturated rings. The van der Waals surface area contributed by atoms with Gasteiger partial charge >= 0.3 is 24.1 Å². The van der Waals surface area contributed by atoms with Crippen LogP contribution in [0.2, 0.25) is 0 Å². The van der Waals surface area contributed by atoms with Crippen molar-refractivity contribution in [1.29, 1.82) is 0 Å². The first kappa shape index (κ1) is 69.6. The number of fused-ring (bicyclic) bond motifs is 2. The van der Waals surface area contributed by atoms with Gasteiger partial charge in [-0.2, -0.15) is 0 Å². The fourth-order valence-corrected chi connectivity index (χ4v) is 9.55. The maximum atomic E-state index is 15.0. The molecule has 87 heavy (non-hydrogen) atoms. The quantitative estimate of drug-likeness (QED) is 0.0270. The third-order valence-corrected chi connectivity index (χ3v) is 13.6. The van der Waals surface area contributed by atoms with Crippen molar-refractivity contribution in [2.75, 3.05) is 43.2 Å². The van der Waals surface area contributed by atoms with E-state index >= 15 is 4.39 Å². The van der Waals surface area contributed by atoms with E-state index in [0.717, 1.165) is 66.9 Å². The molecule has 21 heteroatoms. The SMILES string of the molecule is CCOC(=O)C[C@H](NC(=O)CCCCc1ccc2c(n1)N(C(=O)OC(C)(C)C)CCC2)c1ccc(O)c(F)c1.CCOC(=O)C[C@H](NC(=O)CCCCc1ccc2c(n1)N(C(=O)OC(C)(C)C)CCC2)c1ccc(OCc2ccccc2)c(F)c1.CO. The number of anilines is 2. The van der Waals surface area contributed by atoms with E-state index in [1.807, 2.05) is 96.1 Å². The number of unbranched alkanes of at least 4 members (excludes halogenated alkanes) is 2. The van der Waals surface area contributed by atoms with Crippen LogP contribution in [-0.2, 0) is 70.4 Å². The maximum Gasteiger partial charge on any atom is 0.416 e. The zero-order valence-corrected chi connectivity index (χ0v) is 51.7. The van der Waals surface area contributed by atoms with Crippen LogP contribution in [0.5, 0.6) is 11.5 Å². The number of aromatic hydroxyl groups is 1. The van der Waals surface area contributed by atoms with Gasteiger partial charge in [-0.3, -0.25) is 29.0 Å². The molecule has 2 aliphatic rings. The molecule has 0 radical (unpaired) electrons. The van der Waals surface area contributed by atoms with Crippen LogP contribution < -0.4 is 25.2 Å². The van der Waals surface area contributed by atoms with Gasteiger partial charge in [-0.15, -0.1) is 0 Å². The molecule has 2 aliphatic heterocycles. The minimum Gasteiger partial charge on any atom is -0.505 e. The number of nitrogens with one attached hydrogen (secondary N) is 2. The number of halogens is 2. The van der Waals surface area contributed by atoms with Crippen molar-refractivity contribution in [3.05, 3.63) is 142 Å². The first-order valence-electron chi connectivity index (χ1n) is 29.8. The number of ether oxygens (including phenoxy) is 5. The van der Waals surface area contributed by atoms with Crippen LogP contribution in [0.1, 0.15) is 171 Å². The highest BCUT2D eigenvalue weighted by atomic mass is 19.1. The normalized spacial score (nSPS) is 13.3. The molecule has 0 aliphatic carbocycles. The first-order chi connectivity index (χ1) is 41.5. The average molecular weight is 1210 g/mol. The molecule has 4 heterocycles. The van der Waals surface area contributed by atoms with Gasteiger partial charge in [0.25, 0.3) is 0 Å². The predicted molar refractivity (Wildman–Crippen MR) is 325 cm³/mol. The number of carbonyl (C=O) groups is 6. The number of hydrogen-bond donors (Lipinski definition) is 4. The fourth-order valence-electron chi connectivity index (χ4n) is 9.55. The van der Waals surface area contributed by atoms with E-state index in [0.29, 0.717) is 74.4 Å². The van der Waals surface area contributed by atoms with E-state index in [1.165, 1.54) is 24.3 Å². The van der Waals surface area contributed by atoms with E-state index in [1.54, 1.807) is 29.7 Å². The lowest BCUT2D eigenvalue weighted by molar-refractivity contribution is -0.145. The molecule has 0 unspecified atom stereocenters. The van der Waals surface area contributed by atoms with Crippen molar-refractivity contribution >= 4 is 47.6 Å². The summed E-state index contributed by atoms with van der Waals surface area (Å²) in [6.07, 6.45) is 6.48. The van der Waals surface area contributed by atoms with Gasteiger partial charge in [0.15, 0.2) is 23.1 Å². The number of amides is 4. The minimum absolute atomic E-state index is 0.0822. The summed E-state index contributed by atoms with van der Waals surface area (Å²) in [6, 6.07) is 24.0. The molecule has 4 N–H and O–H groups in total. The second-order valence-corrected chi connectivity index (χ2v) is 22.9. The molecule has 3 aromatic carbocycles. The number of phenolic OH excluding ortho intramolecular Hbond substituents is 1. The lowest BCUT2D eigenvalue weighted by atomic mass is 10.0. The van der Waals surface area contributed by atoms with E-state index in [4.69, 9.17) is 38.8 Å². The number of aliphatic hydroxyl groups is 1. The van der Waals surface area contributed by atoms with Gasteiger partial charge in [-0.05, 0) is 184 Å². The summed E-state index contributed by atoms with van der Waals surface area (Å²) in [5, 5.41) is 22.1. The number of esters is 2. The molecule has 2 atom stereocenters. The average Bonchev–Trinajstić information content (AvgIpc) is 1.55. The van der Waals surface area contributed by atoms with Crippen LogP contribution in [-0.4, -0.2) is 101 Å². The van der Waals surface area contributed by atoms with Crippen LogP contribution in [0.25, 0.3) is 0 Å². The van der Waals surface area contributed by atoms with Crippen molar-refractivity contribution in [2.45, 2.75) is 175 Å². The summed E-state index contributed by atoms with van der Waals surface area (Å²) in [7, 11) is 1.00. The Morgan fingerprint density at radius 2 is 1.05 bits per heavy atom. The lowest BCUT2D eigenvalue weighted by Crippen LogP contribution is -2.40. The summed E-state index contributed by atoms with van der Waals surface area (Å²) in [5.41, 5.74) is 4.19. The summed E-state index contributed by atoms with van der Waals surface area (Å²) in [6.45, 7) is 16.1. The zero-order chi connectivity index (χ0) is 63.7. The molecular formula is C66H86F2N6O13. The molecule has 0 saturated heterocycles. The Morgan fingerprint density at radius 3 is 1.47 bits per heavy atom. The summed E-state index contributed by atoms with van der Waals surface area (Å²) >= 11 is 0. The van der Waals surface area contributed by atoms with Crippen molar-refractivity contribution < 1.29 is 71.4 Å². The molecule has 0 spiro atoms. The Balaban J connectivity index is 0.000000313. The number of pyridine rings is 2. The highest BCUT2D eigenvalue weighted by Crippen LogP contribution is 2.31. The van der Waals surface area contributed by atoms with E-state index in [2.05, 4.69) is 10.6 Å². The highest BCUT2D eigenvalue weighted by molar-refractivity contribution is 5.89. The topological polar surface area (TPSA) is 245 Å². The van der Waals surface area contributed by atoms with Crippen LogP contribution in [0.4, 0.5) is 30.0 Å². The number of rotatable bonds is 23. The third-order valence-electron chi connectivity index (χ3n) is 13.6. The largest absolute Gasteiger partial charge is 0.505 e. The van der Waals surface area contributed by atoms with E-state index in [-0.39, 0.29) is 63.1 Å². The summed E-state index contributed by atoms with van der Waals surface area (Å²) in [4.78, 5) is 88.2. The molecule has 0 saturated carbocycles. The van der Waals surface area contributed by atoms with Gasteiger partial charge in [0.1, 0.15) is 29.4 Å². The van der Waals surface area contributed by atoms with Gasteiger partial charge in [-0.1, -0.05) is 54.6 Å². The number of benzene rings is 3. The number of aliphatic hydroxyl groups excluding tert-OH is 1. The monoisotopic (exact) mass is 1210 g/mol. The van der Waals surface area contributed by atoms with Crippen molar-refractivity contribution in [2.24, 2.45) is 0 Å². The number of aryl methyl sites for hydroxylation is 4. The fraction of sp³-hybridized carbons (Fsp3) is 0.485. The number of carbonyl (C=O) groups excluding carboxylic acids is 6.